The molecule has 0 aliphatic rings. The summed E-state index contributed by atoms with van der Waals surface area (Å²) in [6.45, 7) is 2.08. The molecule has 0 fully saturated rings. The number of halogens is 3. The van der Waals surface area contributed by atoms with E-state index in [0.717, 1.165) is 0 Å². The molecule has 0 spiro atoms. The maximum Gasteiger partial charge on any atom is 3.00 e. The summed E-state index contributed by atoms with van der Waals surface area (Å²) in [5.41, 5.74) is 1.32. The second-order valence-corrected chi connectivity index (χ2v) is 1.65. The summed E-state index contributed by atoms with van der Waals surface area (Å²) in [5.74, 6) is 0. The van der Waals surface area contributed by atoms with Gasteiger partial charge in [-0.15, -0.1) is 0 Å². The van der Waals surface area contributed by atoms with Crippen LogP contribution in [0.2, 0.25) is 0 Å². The number of hydrogen-bond donors (Lipinski definition) is 0. The molecule has 1 rings (SSSR count). The van der Waals surface area contributed by atoms with Crippen molar-refractivity contribution >= 4 is 17.4 Å². The van der Waals surface area contributed by atoms with Crippen LogP contribution in [0.15, 0.2) is 30.3 Å². The normalized spacial score (nSPS) is 5.55. The molecule has 0 atom stereocenters. The Balaban J connectivity index is -0.0000000612. The van der Waals surface area contributed by atoms with Gasteiger partial charge < -0.3 is 50.9 Å². The quantitative estimate of drug-likeness (QED) is 0.404. The molecule has 0 heterocycles. The van der Waals surface area contributed by atoms with Crippen molar-refractivity contribution in [3.8, 4) is 0 Å². The first kappa shape index (κ1) is 22.8. The van der Waals surface area contributed by atoms with E-state index in [0.29, 0.717) is 0 Å². The smallest absolute Gasteiger partial charge is 1.00 e. The maximum absolute atomic E-state index is 2.08. The van der Waals surface area contributed by atoms with Gasteiger partial charge in [0.2, 0.25) is 0 Å². The fourth-order valence-electron chi connectivity index (χ4n) is 0.534. The minimum atomic E-state index is 0. The van der Waals surface area contributed by atoms with E-state index in [-0.39, 0.29) is 68.3 Å². The molecule has 0 unspecified atom stereocenters. The summed E-state index contributed by atoms with van der Waals surface area (Å²) < 4.78 is 0. The summed E-state index contributed by atoms with van der Waals surface area (Å²) in [4.78, 5) is 0. The molecule has 0 aliphatic heterocycles. The Morgan fingerprint density at radius 1 is 0.818 bits per heavy atom. The van der Waals surface area contributed by atoms with E-state index in [2.05, 4.69) is 19.1 Å². The standard InChI is InChI=1S/C7H8.Al.3BrH/c1-7-5-3-2-4-6-7;;;;/h2-6H,1H3;;3*1H/q;+3;;;/p-3. The number of benzene rings is 1. The second kappa shape index (κ2) is 13.8. The van der Waals surface area contributed by atoms with Crippen LogP contribution in [0.1, 0.15) is 5.56 Å². The molecule has 0 saturated heterocycles. The first-order chi connectivity index (χ1) is 3.39. The van der Waals surface area contributed by atoms with Crippen LogP contribution in [-0.4, -0.2) is 17.4 Å². The second-order valence-electron chi connectivity index (χ2n) is 1.65. The SMILES string of the molecule is Cc1ccccc1.[Al+3].[Br-].[Br-].[Br-]. The fourth-order valence-corrected chi connectivity index (χ4v) is 0.534. The molecule has 1 aromatic rings. The number of rotatable bonds is 0. The van der Waals surface area contributed by atoms with E-state index in [1.54, 1.807) is 0 Å². The molecular weight excluding hydrogens is 351 g/mol. The van der Waals surface area contributed by atoms with Gasteiger partial charge in [0, 0.05) is 0 Å². The van der Waals surface area contributed by atoms with Gasteiger partial charge in [0.1, 0.15) is 0 Å². The zero-order valence-corrected chi connectivity index (χ0v) is 12.0. The van der Waals surface area contributed by atoms with Crippen molar-refractivity contribution in [3.05, 3.63) is 35.9 Å². The van der Waals surface area contributed by atoms with Gasteiger partial charge in [0.25, 0.3) is 0 Å². The molecule has 60 valence electrons. The third-order valence-corrected chi connectivity index (χ3v) is 0.940. The van der Waals surface area contributed by atoms with Crippen LogP contribution in [0, 0.1) is 6.92 Å². The van der Waals surface area contributed by atoms with Gasteiger partial charge in [0.15, 0.2) is 0 Å². The summed E-state index contributed by atoms with van der Waals surface area (Å²) in [6.07, 6.45) is 0. The van der Waals surface area contributed by atoms with Crippen molar-refractivity contribution < 1.29 is 50.9 Å². The molecule has 0 radical (unpaired) electrons. The van der Waals surface area contributed by atoms with Crippen LogP contribution in [0.25, 0.3) is 0 Å². The van der Waals surface area contributed by atoms with Gasteiger partial charge in [-0.2, -0.15) is 0 Å². The van der Waals surface area contributed by atoms with Crippen molar-refractivity contribution in [2.24, 2.45) is 0 Å². The molecule has 0 N–H and O–H groups in total. The van der Waals surface area contributed by atoms with E-state index >= 15 is 0 Å². The van der Waals surface area contributed by atoms with Crippen LogP contribution >= 0.6 is 0 Å². The van der Waals surface area contributed by atoms with Crippen molar-refractivity contribution in [3.63, 3.8) is 0 Å². The third kappa shape index (κ3) is 11.2. The molecule has 4 heteroatoms. The van der Waals surface area contributed by atoms with Crippen molar-refractivity contribution in [2.75, 3.05) is 0 Å². The van der Waals surface area contributed by atoms with Gasteiger partial charge in [-0.05, 0) is 6.92 Å². The molecule has 0 aliphatic carbocycles. The minimum absolute atomic E-state index is 0. The average Bonchev–Trinajstić information content (AvgIpc) is 1.69. The van der Waals surface area contributed by atoms with Gasteiger partial charge in [-0.25, -0.2) is 0 Å². The summed E-state index contributed by atoms with van der Waals surface area (Å²) in [5, 5.41) is 0. The predicted molar refractivity (Wildman–Crippen MR) is 36.9 cm³/mol. The first-order valence-electron chi connectivity index (χ1n) is 2.41. The minimum Gasteiger partial charge on any atom is -1.00 e. The summed E-state index contributed by atoms with van der Waals surface area (Å²) in [7, 11) is 0. The van der Waals surface area contributed by atoms with Gasteiger partial charge in [-0.1, -0.05) is 35.9 Å². The Kier molecular flexibility index (Phi) is 28.5. The number of hydrogen-bond acceptors (Lipinski definition) is 0. The Morgan fingerprint density at radius 2 is 1.18 bits per heavy atom. The van der Waals surface area contributed by atoms with Crippen LogP contribution in [-0.2, 0) is 0 Å². The van der Waals surface area contributed by atoms with E-state index in [9.17, 15) is 0 Å². The predicted octanol–water partition coefficient (Wildman–Crippen LogP) is -7.37. The fraction of sp³-hybridized carbons (Fsp3) is 0.143. The third-order valence-electron chi connectivity index (χ3n) is 0.940. The van der Waals surface area contributed by atoms with Crippen LogP contribution in [0.5, 0.6) is 0 Å². The van der Waals surface area contributed by atoms with E-state index in [1.165, 1.54) is 5.56 Å². The Labute approximate surface area is 110 Å². The molecule has 0 amide bonds. The molecule has 0 aromatic heterocycles. The topological polar surface area (TPSA) is 0 Å². The Bertz CT molecular complexity index is 144. The summed E-state index contributed by atoms with van der Waals surface area (Å²) in [6, 6.07) is 10.3. The van der Waals surface area contributed by atoms with E-state index in [4.69, 9.17) is 0 Å². The maximum atomic E-state index is 2.08. The van der Waals surface area contributed by atoms with Crippen LogP contribution in [0.3, 0.4) is 0 Å². The summed E-state index contributed by atoms with van der Waals surface area (Å²) >= 11 is 0. The van der Waals surface area contributed by atoms with Gasteiger partial charge in [0.05, 0.1) is 0 Å². The molecule has 11 heavy (non-hydrogen) atoms. The Hall–Kier alpha value is 1.19. The van der Waals surface area contributed by atoms with Gasteiger partial charge >= 0.3 is 17.4 Å². The largest absolute Gasteiger partial charge is 3.00 e. The van der Waals surface area contributed by atoms with Crippen LogP contribution in [0.4, 0.5) is 0 Å². The average molecular weight is 359 g/mol. The van der Waals surface area contributed by atoms with Crippen molar-refractivity contribution in [2.45, 2.75) is 6.92 Å². The van der Waals surface area contributed by atoms with E-state index < -0.39 is 0 Å². The molecule has 1 aromatic carbocycles. The first-order valence-corrected chi connectivity index (χ1v) is 2.41. The molecule has 0 saturated carbocycles. The molecule has 0 bridgehead atoms. The molecule has 0 nitrogen and oxygen atoms in total. The zero-order valence-electron chi connectivity index (χ0n) is 6.10. The molecular formula is C7H8AlBr3. The number of aryl methyl sites for hydroxylation is 1. The van der Waals surface area contributed by atoms with Crippen molar-refractivity contribution in [1.29, 1.82) is 0 Å². The monoisotopic (exact) mass is 356 g/mol. The van der Waals surface area contributed by atoms with Gasteiger partial charge in [-0.3, -0.25) is 0 Å². The zero-order chi connectivity index (χ0) is 5.11. The van der Waals surface area contributed by atoms with Crippen LogP contribution < -0.4 is 50.9 Å². The van der Waals surface area contributed by atoms with Crippen molar-refractivity contribution in [1.82, 2.24) is 0 Å². The van der Waals surface area contributed by atoms with E-state index in [1.807, 2.05) is 18.2 Å². The Morgan fingerprint density at radius 3 is 1.36 bits per heavy atom.